The molecule has 0 aliphatic rings. The van der Waals surface area contributed by atoms with Gasteiger partial charge in [0.25, 0.3) is 0 Å². The quantitative estimate of drug-likeness (QED) is 0.539. The van der Waals surface area contributed by atoms with E-state index in [1.54, 1.807) is 12.1 Å². The van der Waals surface area contributed by atoms with Crippen LogP contribution in [0.4, 0.5) is 0 Å². The van der Waals surface area contributed by atoms with E-state index in [1.165, 1.54) is 0 Å². The number of nitrogens with zero attached hydrogens (tertiary/aromatic N) is 3. The highest BCUT2D eigenvalue weighted by Gasteiger charge is 2.11. The van der Waals surface area contributed by atoms with Crippen LogP contribution in [0.25, 0.3) is 10.5 Å². The second kappa shape index (κ2) is 4.97. The van der Waals surface area contributed by atoms with Crippen LogP contribution < -0.4 is 0 Å². The van der Waals surface area contributed by atoms with E-state index < -0.39 is 0 Å². The normalized spacial score (nSPS) is 8.71. The maximum atomic E-state index is 8.81. The van der Waals surface area contributed by atoms with E-state index in [4.69, 9.17) is 17.1 Å². The highest BCUT2D eigenvalue weighted by atomic mass is 14.7. The number of hydrogen-bond donors (Lipinski definition) is 0. The average Bonchev–Trinajstić information content (AvgIpc) is 2.32. The fourth-order valence-electron chi connectivity index (χ4n) is 1.57. The lowest BCUT2D eigenvalue weighted by Gasteiger charge is -2.08. The second-order valence-corrected chi connectivity index (χ2v) is 3.79. The van der Waals surface area contributed by atoms with Gasteiger partial charge in [0.1, 0.15) is 5.57 Å². The highest BCUT2D eigenvalue weighted by Crippen LogP contribution is 2.24. The standard InChI is InChI=1S/C14H11N3/c1-9-5-12(6-10(2)11(9)3)14(17-4)13(7-15)8-16/h5-6H,1-3H3. The van der Waals surface area contributed by atoms with E-state index in [9.17, 15) is 0 Å². The number of nitriles is 2. The number of aryl methyl sites for hydroxylation is 2. The largest absolute Gasteiger partial charge is 0.235 e. The lowest BCUT2D eigenvalue weighted by atomic mass is 9.98. The topological polar surface area (TPSA) is 51.9 Å². The van der Waals surface area contributed by atoms with Gasteiger partial charge in [-0.1, -0.05) is 12.1 Å². The minimum atomic E-state index is -0.136. The van der Waals surface area contributed by atoms with Crippen molar-refractivity contribution in [2.24, 2.45) is 0 Å². The smallest absolute Gasteiger partial charge is 0.222 e. The van der Waals surface area contributed by atoms with Crippen molar-refractivity contribution in [2.75, 3.05) is 0 Å². The minimum absolute atomic E-state index is 0.126. The van der Waals surface area contributed by atoms with Crippen molar-refractivity contribution < 1.29 is 0 Å². The van der Waals surface area contributed by atoms with Gasteiger partial charge in [0.2, 0.25) is 5.70 Å². The summed E-state index contributed by atoms with van der Waals surface area (Å²) in [6, 6.07) is 7.19. The molecule has 82 valence electrons. The Morgan fingerprint density at radius 3 is 1.94 bits per heavy atom. The molecule has 1 aromatic carbocycles. The van der Waals surface area contributed by atoms with E-state index in [0.29, 0.717) is 5.56 Å². The van der Waals surface area contributed by atoms with Crippen LogP contribution in [0.1, 0.15) is 22.3 Å². The van der Waals surface area contributed by atoms with Crippen LogP contribution in [0.3, 0.4) is 0 Å². The van der Waals surface area contributed by atoms with Crippen molar-refractivity contribution in [1.29, 1.82) is 10.5 Å². The molecular weight excluding hydrogens is 210 g/mol. The Morgan fingerprint density at radius 1 is 1.12 bits per heavy atom. The van der Waals surface area contributed by atoms with Gasteiger partial charge in [0, 0.05) is 0 Å². The second-order valence-electron chi connectivity index (χ2n) is 3.79. The van der Waals surface area contributed by atoms with Crippen molar-refractivity contribution in [1.82, 2.24) is 0 Å². The summed E-state index contributed by atoms with van der Waals surface area (Å²) in [5.41, 5.74) is 3.89. The predicted octanol–water partition coefficient (Wildman–Crippen LogP) is 3.29. The van der Waals surface area contributed by atoms with E-state index in [0.717, 1.165) is 16.7 Å². The third-order valence-corrected chi connectivity index (χ3v) is 2.77. The Morgan fingerprint density at radius 2 is 1.59 bits per heavy atom. The summed E-state index contributed by atoms with van der Waals surface area (Å²) in [7, 11) is 0. The Labute approximate surface area is 101 Å². The van der Waals surface area contributed by atoms with Crippen molar-refractivity contribution >= 4 is 5.70 Å². The zero-order chi connectivity index (χ0) is 13.0. The third kappa shape index (κ3) is 2.33. The van der Waals surface area contributed by atoms with Crippen molar-refractivity contribution in [3.05, 3.63) is 51.4 Å². The van der Waals surface area contributed by atoms with Gasteiger partial charge in [0.15, 0.2) is 0 Å². The molecule has 17 heavy (non-hydrogen) atoms. The molecule has 3 nitrogen and oxygen atoms in total. The molecule has 0 amide bonds. The molecule has 0 aromatic heterocycles. The maximum absolute atomic E-state index is 8.81. The van der Waals surface area contributed by atoms with Gasteiger partial charge in [-0.3, -0.25) is 0 Å². The van der Waals surface area contributed by atoms with Gasteiger partial charge in [-0.2, -0.15) is 10.5 Å². The van der Waals surface area contributed by atoms with Crippen LogP contribution in [-0.4, -0.2) is 0 Å². The van der Waals surface area contributed by atoms with Gasteiger partial charge in [-0.15, -0.1) is 0 Å². The lowest BCUT2D eigenvalue weighted by Crippen LogP contribution is -1.92. The number of hydrogen-bond acceptors (Lipinski definition) is 2. The molecular formula is C14H11N3. The van der Waals surface area contributed by atoms with E-state index >= 15 is 0 Å². The lowest BCUT2D eigenvalue weighted by molar-refractivity contribution is 1.26. The van der Waals surface area contributed by atoms with Crippen LogP contribution in [0, 0.1) is 50.0 Å². The number of allylic oxidation sites excluding steroid dienone is 1. The molecule has 0 N–H and O–H groups in total. The average molecular weight is 221 g/mol. The molecule has 0 atom stereocenters. The fourth-order valence-corrected chi connectivity index (χ4v) is 1.57. The van der Waals surface area contributed by atoms with E-state index in [-0.39, 0.29) is 11.3 Å². The Bertz CT molecular complexity index is 577. The molecule has 0 aliphatic carbocycles. The zero-order valence-electron chi connectivity index (χ0n) is 10.00. The Balaban J connectivity index is 3.57. The number of benzene rings is 1. The minimum Gasteiger partial charge on any atom is -0.235 e. The first kappa shape index (κ1) is 12.5. The number of rotatable bonds is 1. The van der Waals surface area contributed by atoms with Gasteiger partial charge < -0.3 is 0 Å². The van der Waals surface area contributed by atoms with Crippen LogP contribution >= 0.6 is 0 Å². The molecule has 1 rings (SSSR count). The SMILES string of the molecule is [C-]#[N+]C(=C(C#N)C#N)c1cc(C)c(C)c(C)c1. The fraction of sp³-hybridized carbons (Fsp3) is 0.214. The van der Waals surface area contributed by atoms with Gasteiger partial charge in [0.05, 0.1) is 18.7 Å². The molecule has 0 saturated carbocycles. The van der Waals surface area contributed by atoms with E-state index in [2.05, 4.69) is 4.85 Å². The van der Waals surface area contributed by atoms with Crippen LogP contribution in [0.5, 0.6) is 0 Å². The summed E-state index contributed by atoms with van der Waals surface area (Å²) < 4.78 is 0. The molecule has 0 fully saturated rings. The van der Waals surface area contributed by atoms with Crippen molar-refractivity contribution in [3.8, 4) is 12.1 Å². The Hall–Kier alpha value is -2.57. The van der Waals surface area contributed by atoms with Gasteiger partial charge >= 0.3 is 0 Å². The Kier molecular flexibility index (Phi) is 3.66. The van der Waals surface area contributed by atoms with Crippen LogP contribution in [0.2, 0.25) is 0 Å². The highest BCUT2D eigenvalue weighted by molar-refractivity contribution is 5.80. The van der Waals surface area contributed by atoms with Crippen LogP contribution in [-0.2, 0) is 0 Å². The molecule has 1 aromatic rings. The first-order valence-corrected chi connectivity index (χ1v) is 5.05. The molecule has 0 unspecified atom stereocenters. The molecule has 0 spiro atoms. The molecule has 0 saturated heterocycles. The molecule has 0 aliphatic heterocycles. The maximum Gasteiger partial charge on any atom is 0.222 e. The summed E-state index contributed by atoms with van der Waals surface area (Å²) >= 11 is 0. The van der Waals surface area contributed by atoms with Crippen LogP contribution in [0.15, 0.2) is 17.7 Å². The summed E-state index contributed by atoms with van der Waals surface area (Å²) in [5.74, 6) is 0. The molecule has 3 heteroatoms. The first-order valence-electron chi connectivity index (χ1n) is 5.05. The van der Waals surface area contributed by atoms with Crippen molar-refractivity contribution in [3.63, 3.8) is 0 Å². The summed E-state index contributed by atoms with van der Waals surface area (Å²) in [6.07, 6.45) is 0. The van der Waals surface area contributed by atoms with Gasteiger partial charge in [-0.05, 0) is 43.0 Å². The summed E-state index contributed by atoms with van der Waals surface area (Å²) in [4.78, 5) is 3.30. The summed E-state index contributed by atoms with van der Waals surface area (Å²) in [6.45, 7) is 13.0. The third-order valence-electron chi connectivity index (χ3n) is 2.77. The summed E-state index contributed by atoms with van der Waals surface area (Å²) in [5, 5.41) is 17.6. The van der Waals surface area contributed by atoms with E-state index in [1.807, 2.05) is 32.9 Å². The van der Waals surface area contributed by atoms with Crippen molar-refractivity contribution in [2.45, 2.75) is 20.8 Å². The monoisotopic (exact) mass is 221 g/mol. The van der Waals surface area contributed by atoms with Gasteiger partial charge in [-0.25, -0.2) is 4.85 Å². The molecule has 0 bridgehead atoms. The predicted molar refractivity (Wildman–Crippen MR) is 65.4 cm³/mol. The first-order chi connectivity index (χ1) is 8.04. The molecule has 0 radical (unpaired) electrons. The zero-order valence-corrected chi connectivity index (χ0v) is 10.00. The molecule has 0 heterocycles.